The topological polar surface area (TPSA) is 38.3 Å². The van der Waals surface area contributed by atoms with Crippen LogP contribution in [-0.4, -0.2) is 31.5 Å². The van der Waals surface area contributed by atoms with Crippen LogP contribution in [0.1, 0.15) is 10.4 Å². The molecule has 0 aliphatic carbocycles. The molecule has 0 spiro atoms. The van der Waals surface area contributed by atoms with Gasteiger partial charge in [-0.05, 0) is 40.8 Å². The zero-order chi connectivity index (χ0) is 12.8. The van der Waals surface area contributed by atoms with Gasteiger partial charge in [-0.15, -0.1) is 11.6 Å². The number of amides is 1. The predicted molar refractivity (Wildman–Crippen MR) is 78.0 cm³/mol. The van der Waals surface area contributed by atoms with E-state index in [1.165, 1.54) is 0 Å². The summed E-state index contributed by atoms with van der Waals surface area (Å²) in [6.45, 7) is 0.757. The number of rotatable bonds is 5. The minimum absolute atomic E-state index is 0.190. The second kappa shape index (κ2) is 7.41. The van der Waals surface area contributed by atoms with Crippen molar-refractivity contribution in [2.45, 2.75) is 5.38 Å². The molecule has 1 atom stereocenters. The van der Waals surface area contributed by atoms with Crippen LogP contribution in [0, 0.1) is 3.57 Å². The molecule has 1 aromatic rings. The van der Waals surface area contributed by atoms with Gasteiger partial charge in [0.05, 0.1) is 17.0 Å². The highest BCUT2D eigenvalue weighted by atomic mass is 127. The number of carbonyl (C=O) groups is 1. The number of benzene rings is 1. The van der Waals surface area contributed by atoms with E-state index in [1.54, 1.807) is 25.3 Å². The van der Waals surface area contributed by atoms with Gasteiger partial charge in [0, 0.05) is 22.8 Å². The predicted octanol–water partition coefficient (Wildman–Crippen LogP) is 2.93. The molecule has 1 rings (SSSR count). The fourth-order valence-corrected chi connectivity index (χ4v) is 1.90. The van der Waals surface area contributed by atoms with Gasteiger partial charge in [0.1, 0.15) is 0 Å². The average Bonchev–Trinajstić information content (AvgIpc) is 2.30. The number of halogens is 3. The molecule has 6 heteroatoms. The van der Waals surface area contributed by atoms with Crippen molar-refractivity contribution in [3.05, 3.63) is 32.4 Å². The standard InChI is InChI=1S/C11H12Cl2INO2/c1-17-6-8(12)5-15-11(16)7-2-3-10(14)9(13)4-7/h2-4,8H,5-6H2,1H3,(H,15,16). The van der Waals surface area contributed by atoms with Crippen molar-refractivity contribution in [3.8, 4) is 0 Å². The second-order valence-electron chi connectivity index (χ2n) is 3.39. The van der Waals surface area contributed by atoms with Gasteiger partial charge in [-0.3, -0.25) is 4.79 Å². The number of carbonyl (C=O) groups excluding carboxylic acids is 1. The zero-order valence-electron chi connectivity index (χ0n) is 9.17. The van der Waals surface area contributed by atoms with E-state index in [4.69, 9.17) is 27.9 Å². The van der Waals surface area contributed by atoms with Gasteiger partial charge in [-0.1, -0.05) is 11.6 Å². The first-order valence-corrected chi connectivity index (χ1v) is 6.80. The second-order valence-corrected chi connectivity index (χ2v) is 5.58. The molecule has 1 aromatic carbocycles. The molecule has 1 N–H and O–H groups in total. The van der Waals surface area contributed by atoms with Gasteiger partial charge in [0.15, 0.2) is 0 Å². The van der Waals surface area contributed by atoms with Crippen molar-refractivity contribution >= 4 is 51.7 Å². The van der Waals surface area contributed by atoms with Crippen LogP contribution in [0.2, 0.25) is 5.02 Å². The molecule has 3 nitrogen and oxygen atoms in total. The van der Waals surface area contributed by atoms with Crippen LogP contribution in [0.4, 0.5) is 0 Å². The summed E-state index contributed by atoms with van der Waals surface area (Å²) in [7, 11) is 1.57. The third kappa shape index (κ3) is 4.99. The molecule has 0 saturated carbocycles. The highest BCUT2D eigenvalue weighted by Gasteiger charge is 2.10. The van der Waals surface area contributed by atoms with E-state index in [0.29, 0.717) is 23.7 Å². The first-order chi connectivity index (χ1) is 8.04. The van der Waals surface area contributed by atoms with Crippen LogP contribution >= 0.6 is 45.8 Å². The minimum Gasteiger partial charge on any atom is -0.383 e. The molecular formula is C11H12Cl2INO2. The molecule has 0 saturated heterocycles. The van der Waals surface area contributed by atoms with E-state index in [9.17, 15) is 4.79 Å². The van der Waals surface area contributed by atoms with E-state index in [0.717, 1.165) is 3.57 Å². The summed E-state index contributed by atoms with van der Waals surface area (Å²) in [6.07, 6.45) is 0. The van der Waals surface area contributed by atoms with Gasteiger partial charge >= 0.3 is 0 Å². The third-order valence-electron chi connectivity index (χ3n) is 2.01. The molecule has 0 heterocycles. The van der Waals surface area contributed by atoms with Crippen molar-refractivity contribution < 1.29 is 9.53 Å². The molecule has 0 aromatic heterocycles. The fourth-order valence-electron chi connectivity index (χ4n) is 1.18. The highest BCUT2D eigenvalue weighted by molar-refractivity contribution is 14.1. The number of alkyl halides is 1. The van der Waals surface area contributed by atoms with E-state index < -0.39 is 0 Å². The minimum atomic E-state index is -0.233. The fraction of sp³-hybridized carbons (Fsp3) is 0.364. The van der Waals surface area contributed by atoms with E-state index in [2.05, 4.69) is 27.9 Å². The van der Waals surface area contributed by atoms with E-state index in [1.807, 2.05) is 0 Å². The molecule has 94 valence electrons. The SMILES string of the molecule is COCC(Cl)CNC(=O)c1ccc(I)c(Cl)c1. The summed E-state index contributed by atoms with van der Waals surface area (Å²) in [5, 5.41) is 3.05. The van der Waals surface area contributed by atoms with Gasteiger partial charge in [0.2, 0.25) is 0 Å². The molecule has 1 amide bonds. The van der Waals surface area contributed by atoms with E-state index in [-0.39, 0.29) is 11.3 Å². The summed E-state index contributed by atoms with van der Waals surface area (Å²) >= 11 is 13.9. The van der Waals surface area contributed by atoms with Gasteiger partial charge in [-0.2, -0.15) is 0 Å². The Morgan fingerprint density at radius 3 is 2.88 bits per heavy atom. The molecule has 0 aliphatic heterocycles. The largest absolute Gasteiger partial charge is 0.383 e. The monoisotopic (exact) mass is 387 g/mol. The molecule has 1 unspecified atom stereocenters. The van der Waals surface area contributed by atoms with Crippen LogP contribution in [0.3, 0.4) is 0 Å². The lowest BCUT2D eigenvalue weighted by atomic mass is 10.2. The lowest BCUT2D eigenvalue weighted by Gasteiger charge is -2.10. The van der Waals surface area contributed by atoms with Crippen LogP contribution < -0.4 is 5.32 Å². The summed E-state index contributed by atoms with van der Waals surface area (Å²) < 4.78 is 5.78. The van der Waals surface area contributed by atoms with Crippen LogP contribution in [0.25, 0.3) is 0 Å². The first kappa shape index (κ1) is 15.0. The number of hydrogen-bond acceptors (Lipinski definition) is 2. The number of methoxy groups -OCH3 is 1. The number of nitrogens with one attached hydrogen (secondary N) is 1. The van der Waals surface area contributed by atoms with Crippen LogP contribution in [0.15, 0.2) is 18.2 Å². The molecule has 17 heavy (non-hydrogen) atoms. The smallest absolute Gasteiger partial charge is 0.251 e. The highest BCUT2D eigenvalue weighted by Crippen LogP contribution is 2.19. The quantitative estimate of drug-likeness (QED) is 0.623. The number of hydrogen-bond donors (Lipinski definition) is 1. The maximum atomic E-state index is 11.7. The van der Waals surface area contributed by atoms with Crippen LogP contribution in [0.5, 0.6) is 0 Å². The molecular weight excluding hydrogens is 376 g/mol. The van der Waals surface area contributed by atoms with E-state index >= 15 is 0 Å². The zero-order valence-corrected chi connectivity index (χ0v) is 12.8. The van der Waals surface area contributed by atoms with Crippen molar-refractivity contribution in [3.63, 3.8) is 0 Å². The van der Waals surface area contributed by atoms with Crippen molar-refractivity contribution in [1.82, 2.24) is 5.32 Å². The third-order valence-corrected chi connectivity index (χ3v) is 3.87. The maximum absolute atomic E-state index is 11.7. The summed E-state index contributed by atoms with van der Waals surface area (Å²) in [4.78, 5) is 11.7. The van der Waals surface area contributed by atoms with Gasteiger partial charge < -0.3 is 10.1 Å². The lowest BCUT2D eigenvalue weighted by molar-refractivity contribution is 0.0949. The Morgan fingerprint density at radius 2 is 2.29 bits per heavy atom. The molecule has 0 bridgehead atoms. The summed E-state index contributed by atoms with van der Waals surface area (Å²) in [6, 6.07) is 5.16. The maximum Gasteiger partial charge on any atom is 0.251 e. The molecule has 0 fully saturated rings. The Hall–Kier alpha value is -0.0400. The van der Waals surface area contributed by atoms with Gasteiger partial charge in [0.25, 0.3) is 5.91 Å². The summed E-state index contributed by atoms with van der Waals surface area (Å²) in [5.41, 5.74) is 0.525. The van der Waals surface area contributed by atoms with Crippen molar-refractivity contribution in [2.24, 2.45) is 0 Å². The Morgan fingerprint density at radius 1 is 1.59 bits per heavy atom. The van der Waals surface area contributed by atoms with Gasteiger partial charge in [-0.25, -0.2) is 0 Å². The summed E-state index contributed by atoms with van der Waals surface area (Å²) in [5.74, 6) is -0.190. The Bertz CT molecular complexity index is 401. The molecule has 0 radical (unpaired) electrons. The van der Waals surface area contributed by atoms with Crippen molar-refractivity contribution in [2.75, 3.05) is 20.3 Å². The first-order valence-electron chi connectivity index (χ1n) is 4.91. The molecule has 0 aliphatic rings. The average molecular weight is 388 g/mol. The lowest BCUT2D eigenvalue weighted by Crippen LogP contribution is -2.31. The Labute approximate surface area is 124 Å². The number of ether oxygens (including phenoxy) is 1. The normalized spacial score (nSPS) is 12.2. The Kier molecular flexibility index (Phi) is 6.54. The van der Waals surface area contributed by atoms with Crippen LogP contribution in [-0.2, 0) is 4.74 Å². The van der Waals surface area contributed by atoms with Crippen molar-refractivity contribution in [1.29, 1.82) is 0 Å². The Balaban J connectivity index is 2.55.